The number of thioether (sulfide) groups is 1. The molecule has 2 heterocycles. The highest BCUT2D eigenvalue weighted by Gasteiger charge is 2.35. The number of piperidine rings is 1. The lowest BCUT2D eigenvalue weighted by atomic mass is 10.0. The summed E-state index contributed by atoms with van der Waals surface area (Å²) in [6, 6.07) is 15.6. The van der Waals surface area contributed by atoms with Crippen molar-refractivity contribution in [1.82, 2.24) is 10.2 Å². The van der Waals surface area contributed by atoms with Crippen molar-refractivity contribution in [3.63, 3.8) is 0 Å². The molecule has 2 aliphatic heterocycles. The topological polar surface area (TPSA) is 69.7 Å². The molecule has 2 aromatic carbocycles. The number of carbonyl (C=O) groups is 3. The summed E-state index contributed by atoms with van der Waals surface area (Å²) < 4.78 is 0. The van der Waals surface area contributed by atoms with Crippen molar-refractivity contribution in [2.45, 2.75) is 43.0 Å². The first-order valence-electron chi connectivity index (χ1n) is 11.8. The van der Waals surface area contributed by atoms with Crippen molar-refractivity contribution in [2.24, 2.45) is 5.92 Å². The van der Waals surface area contributed by atoms with Crippen LogP contribution >= 0.6 is 11.8 Å². The highest BCUT2D eigenvalue weighted by molar-refractivity contribution is 8.00. The van der Waals surface area contributed by atoms with E-state index < -0.39 is 0 Å². The third-order valence-electron chi connectivity index (χ3n) is 6.74. The number of carbonyl (C=O) groups excluding carboxylic acids is 3. The van der Waals surface area contributed by atoms with E-state index in [0.29, 0.717) is 31.0 Å². The zero-order chi connectivity index (χ0) is 22.8. The van der Waals surface area contributed by atoms with Gasteiger partial charge in [0.25, 0.3) is 5.91 Å². The van der Waals surface area contributed by atoms with Crippen molar-refractivity contribution >= 4 is 35.2 Å². The zero-order valence-electron chi connectivity index (χ0n) is 18.7. The average Bonchev–Trinajstić information content (AvgIpc) is 3.61. The molecule has 0 aromatic heterocycles. The molecular formula is C26H29N3O3S. The van der Waals surface area contributed by atoms with Gasteiger partial charge < -0.3 is 15.1 Å². The fourth-order valence-electron chi connectivity index (χ4n) is 4.69. The molecule has 2 fully saturated rings. The molecule has 1 saturated heterocycles. The molecule has 1 N–H and O–H groups in total. The van der Waals surface area contributed by atoms with Crippen molar-refractivity contribution in [1.29, 1.82) is 0 Å². The first-order chi connectivity index (χ1) is 16.1. The van der Waals surface area contributed by atoms with Crippen LogP contribution in [-0.2, 0) is 16.0 Å². The van der Waals surface area contributed by atoms with Crippen LogP contribution in [0, 0.1) is 5.92 Å². The van der Waals surface area contributed by atoms with Crippen molar-refractivity contribution in [2.75, 3.05) is 30.3 Å². The van der Waals surface area contributed by atoms with Crippen LogP contribution < -0.4 is 10.2 Å². The van der Waals surface area contributed by atoms with Gasteiger partial charge in [-0.2, -0.15) is 0 Å². The normalized spacial score (nSPS) is 18.2. The van der Waals surface area contributed by atoms with Crippen molar-refractivity contribution in [3.05, 3.63) is 59.7 Å². The number of nitrogens with zero attached hydrogens (tertiary/aromatic N) is 2. The number of hydrogen-bond acceptors (Lipinski definition) is 4. The van der Waals surface area contributed by atoms with Gasteiger partial charge in [-0.15, -0.1) is 11.8 Å². The molecule has 33 heavy (non-hydrogen) atoms. The number of nitrogens with one attached hydrogen (secondary N) is 1. The Kier molecular flexibility index (Phi) is 6.40. The maximum absolute atomic E-state index is 13.0. The summed E-state index contributed by atoms with van der Waals surface area (Å²) >= 11 is 1.42. The number of hydrogen-bond donors (Lipinski definition) is 1. The summed E-state index contributed by atoms with van der Waals surface area (Å²) in [6.45, 7) is 2.13. The van der Waals surface area contributed by atoms with Gasteiger partial charge in [0.15, 0.2) is 0 Å². The zero-order valence-corrected chi connectivity index (χ0v) is 19.5. The number of fused-ring (bicyclic) bond motifs is 1. The molecule has 0 spiro atoms. The summed E-state index contributed by atoms with van der Waals surface area (Å²) in [5.41, 5.74) is 2.81. The van der Waals surface area contributed by atoms with E-state index in [2.05, 4.69) is 11.4 Å². The highest BCUT2D eigenvalue weighted by Crippen LogP contribution is 2.32. The number of para-hydroxylation sites is 1. The average molecular weight is 464 g/mol. The van der Waals surface area contributed by atoms with E-state index in [1.165, 1.54) is 17.3 Å². The van der Waals surface area contributed by atoms with Gasteiger partial charge in [0.1, 0.15) is 0 Å². The molecule has 7 heteroatoms. The van der Waals surface area contributed by atoms with Crippen molar-refractivity contribution < 1.29 is 14.4 Å². The number of amides is 3. The standard InChI is InChI=1S/C26H29N3O3S/c30-24(29-16-11-18-5-1-3-7-22(18)29)17-33-23-8-4-2-6-21(23)25(31)27-20-12-14-28(15-13-20)26(32)19-9-10-19/h1-8,19-20H,9-17H2,(H,27,31). The second-order valence-electron chi connectivity index (χ2n) is 9.06. The molecule has 0 radical (unpaired) electrons. The first-order valence-corrected chi connectivity index (χ1v) is 12.8. The van der Waals surface area contributed by atoms with E-state index in [-0.39, 0.29) is 29.7 Å². The summed E-state index contributed by atoms with van der Waals surface area (Å²) in [5, 5.41) is 3.15. The van der Waals surface area contributed by atoms with Gasteiger partial charge in [0, 0.05) is 42.2 Å². The van der Waals surface area contributed by atoms with E-state index in [9.17, 15) is 14.4 Å². The van der Waals surface area contributed by atoms with Gasteiger partial charge in [-0.3, -0.25) is 14.4 Å². The Hall–Kier alpha value is -2.80. The van der Waals surface area contributed by atoms with Gasteiger partial charge in [-0.25, -0.2) is 0 Å². The van der Waals surface area contributed by atoms with Gasteiger partial charge in [0.05, 0.1) is 11.3 Å². The molecule has 0 unspecified atom stereocenters. The van der Waals surface area contributed by atoms with Crippen molar-refractivity contribution in [3.8, 4) is 0 Å². The summed E-state index contributed by atoms with van der Waals surface area (Å²) in [4.78, 5) is 42.8. The largest absolute Gasteiger partial charge is 0.349 e. The second kappa shape index (κ2) is 9.59. The van der Waals surface area contributed by atoms with Crippen LogP contribution in [0.15, 0.2) is 53.4 Å². The highest BCUT2D eigenvalue weighted by atomic mass is 32.2. The van der Waals surface area contributed by atoms with E-state index >= 15 is 0 Å². The van der Waals surface area contributed by atoms with E-state index in [1.54, 1.807) is 0 Å². The third kappa shape index (κ3) is 4.93. The van der Waals surface area contributed by atoms with Crippen LogP contribution in [0.2, 0.25) is 0 Å². The van der Waals surface area contributed by atoms with E-state index in [0.717, 1.165) is 42.7 Å². The molecular weight excluding hydrogens is 434 g/mol. The molecule has 1 aliphatic carbocycles. The van der Waals surface area contributed by atoms with Crippen LogP contribution in [0.1, 0.15) is 41.6 Å². The van der Waals surface area contributed by atoms with E-state index in [4.69, 9.17) is 0 Å². The lowest BCUT2D eigenvalue weighted by molar-refractivity contribution is -0.133. The van der Waals surface area contributed by atoms with Crippen LogP contribution in [0.5, 0.6) is 0 Å². The Morgan fingerprint density at radius 3 is 2.42 bits per heavy atom. The minimum Gasteiger partial charge on any atom is -0.349 e. The van der Waals surface area contributed by atoms with Gasteiger partial charge in [-0.05, 0) is 55.9 Å². The van der Waals surface area contributed by atoms with Gasteiger partial charge in [0.2, 0.25) is 11.8 Å². The molecule has 1 saturated carbocycles. The van der Waals surface area contributed by atoms with Crippen LogP contribution in [0.25, 0.3) is 0 Å². The summed E-state index contributed by atoms with van der Waals surface area (Å²) in [5.74, 6) is 0.779. The Labute approximate surface area is 198 Å². The molecule has 5 rings (SSSR count). The first kappa shape index (κ1) is 22.0. The van der Waals surface area contributed by atoms with E-state index in [1.807, 2.05) is 52.3 Å². The Morgan fingerprint density at radius 2 is 1.64 bits per heavy atom. The molecule has 0 bridgehead atoms. The predicted molar refractivity (Wildman–Crippen MR) is 129 cm³/mol. The van der Waals surface area contributed by atoms with Crippen LogP contribution in [0.3, 0.4) is 0 Å². The number of likely N-dealkylation sites (tertiary alicyclic amines) is 1. The Bertz CT molecular complexity index is 1060. The predicted octanol–water partition coefficient (Wildman–Crippen LogP) is 3.50. The fourth-order valence-corrected chi connectivity index (χ4v) is 5.62. The maximum atomic E-state index is 13.0. The third-order valence-corrected chi connectivity index (χ3v) is 7.80. The molecule has 2 aromatic rings. The Balaban J connectivity index is 1.16. The number of rotatable bonds is 6. The smallest absolute Gasteiger partial charge is 0.252 e. The minimum absolute atomic E-state index is 0.0628. The molecule has 3 amide bonds. The molecule has 6 nitrogen and oxygen atoms in total. The quantitative estimate of drug-likeness (QED) is 0.666. The number of benzene rings is 2. The Morgan fingerprint density at radius 1 is 0.909 bits per heavy atom. The minimum atomic E-state index is -0.107. The van der Waals surface area contributed by atoms with Gasteiger partial charge in [-0.1, -0.05) is 30.3 Å². The monoisotopic (exact) mass is 463 g/mol. The molecule has 3 aliphatic rings. The summed E-state index contributed by atoms with van der Waals surface area (Å²) in [6.07, 6.45) is 4.50. The lowest BCUT2D eigenvalue weighted by Crippen LogP contribution is -2.47. The molecule has 172 valence electrons. The summed E-state index contributed by atoms with van der Waals surface area (Å²) in [7, 11) is 0. The SMILES string of the molecule is O=C(NC1CCN(C(=O)C2CC2)CC1)c1ccccc1SCC(=O)N1CCc2ccccc21. The fraction of sp³-hybridized carbons (Fsp3) is 0.423. The van der Waals surface area contributed by atoms with Gasteiger partial charge >= 0.3 is 0 Å². The van der Waals surface area contributed by atoms with Crippen LogP contribution in [-0.4, -0.2) is 54.1 Å². The van der Waals surface area contributed by atoms with Crippen LogP contribution in [0.4, 0.5) is 5.69 Å². The second-order valence-corrected chi connectivity index (χ2v) is 10.1. The molecule has 0 atom stereocenters. The number of anilines is 1. The maximum Gasteiger partial charge on any atom is 0.252 e. The lowest BCUT2D eigenvalue weighted by Gasteiger charge is -2.32.